The molecule has 8 heteroatoms. The summed E-state index contributed by atoms with van der Waals surface area (Å²) in [6.07, 6.45) is 0.952. The molecule has 0 fully saturated rings. The van der Waals surface area contributed by atoms with Crippen LogP contribution >= 0.6 is 11.6 Å². The van der Waals surface area contributed by atoms with E-state index in [0.717, 1.165) is 6.26 Å². The second-order valence-corrected chi connectivity index (χ2v) is 9.96. The molecule has 0 amide bonds. The van der Waals surface area contributed by atoms with E-state index in [2.05, 4.69) is 0 Å². The van der Waals surface area contributed by atoms with Gasteiger partial charge in [0, 0.05) is 11.3 Å². The van der Waals surface area contributed by atoms with E-state index in [1.165, 1.54) is 30.3 Å². The summed E-state index contributed by atoms with van der Waals surface area (Å²) in [5, 5.41) is 0.505. The summed E-state index contributed by atoms with van der Waals surface area (Å²) < 4.78 is 54.5. The van der Waals surface area contributed by atoms with Gasteiger partial charge in [-0.15, -0.1) is 0 Å². The molecule has 2 rings (SSSR count). The largest absolute Gasteiger partial charge is 0.379 e. The second-order valence-electron chi connectivity index (χ2n) is 6.05. The van der Waals surface area contributed by atoms with Crippen molar-refractivity contribution in [3.8, 4) is 5.75 Å². The Balaban J connectivity index is 2.61. The fourth-order valence-electron chi connectivity index (χ4n) is 2.32. The first kappa shape index (κ1) is 19.8. The van der Waals surface area contributed by atoms with Gasteiger partial charge in [0.1, 0.15) is 10.6 Å². The molecular formula is C17H19ClO5S2. The van der Waals surface area contributed by atoms with E-state index in [1.54, 1.807) is 13.0 Å². The Morgan fingerprint density at radius 3 is 2.08 bits per heavy atom. The van der Waals surface area contributed by atoms with Crippen molar-refractivity contribution in [3.05, 3.63) is 52.5 Å². The van der Waals surface area contributed by atoms with Gasteiger partial charge < -0.3 is 4.18 Å². The van der Waals surface area contributed by atoms with E-state index in [-0.39, 0.29) is 21.5 Å². The minimum absolute atomic E-state index is 0.0338. The molecule has 0 aliphatic rings. The molecule has 0 saturated heterocycles. The Hall–Kier alpha value is -1.57. The van der Waals surface area contributed by atoms with Crippen LogP contribution in [0.25, 0.3) is 0 Å². The third-order valence-corrected chi connectivity index (χ3v) is 6.62. The first-order chi connectivity index (χ1) is 11.4. The Bertz CT molecular complexity index is 1010. The summed E-state index contributed by atoms with van der Waals surface area (Å²) >= 11 is 6.12. The van der Waals surface area contributed by atoms with Gasteiger partial charge in [-0.1, -0.05) is 37.6 Å². The van der Waals surface area contributed by atoms with Crippen molar-refractivity contribution in [2.75, 3.05) is 6.26 Å². The maximum atomic E-state index is 12.7. The molecule has 5 nitrogen and oxygen atoms in total. The maximum absolute atomic E-state index is 12.7. The smallest absolute Gasteiger partial charge is 0.340 e. The summed E-state index contributed by atoms with van der Waals surface area (Å²) in [5.41, 5.74) is 1.28. The fourth-order valence-corrected chi connectivity index (χ4v) is 5.04. The molecule has 0 atom stereocenters. The van der Waals surface area contributed by atoms with Gasteiger partial charge in [-0.05, 0) is 48.2 Å². The number of hydrogen-bond acceptors (Lipinski definition) is 5. The molecule has 0 spiro atoms. The minimum Gasteiger partial charge on any atom is -0.379 e. The average molecular weight is 403 g/mol. The number of sulfone groups is 1. The fraction of sp³-hybridized carbons (Fsp3) is 0.294. The molecule has 0 saturated carbocycles. The number of hydrogen-bond donors (Lipinski definition) is 0. The maximum Gasteiger partial charge on any atom is 0.340 e. The summed E-state index contributed by atoms with van der Waals surface area (Å²) in [4.78, 5) is -0.688. The number of benzene rings is 2. The lowest BCUT2D eigenvalue weighted by molar-refractivity contribution is 0.478. The van der Waals surface area contributed by atoms with Gasteiger partial charge in [0.25, 0.3) is 0 Å². The highest BCUT2D eigenvalue weighted by atomic mass is 35.5. The molecule has 0 N–H and O–H groups in total. The van der Waals surface area contributed by atoms with E-state index in [0.29, 0.717) is 16.1 Å². The molecular weight excluding hydrogens is 384 g/mol. The summed E-state index contributed by atoms with van der Waals surface area (Å²) in [7, 11) is -8.07. The highest BCUT2D eigenvalue weighted by Gasteiger charge is 2.27. The molecule has 0 radical (unpaired) electrons. The van der Waals surface area contributed by atoms with Crippen LogP contribution in [-0.2, 0) is 20.0 Å². The third kappa shape index (κ3) is 4.34. The number of rotatable bonds is 5. The van der Waals surface area contributed by atoms with Crippen LogP contribution < -0.4 is 4.18 Å². The van der Waals surface area contributed by atoms with Crippen LogP contribution in [0, 0.1) is 6.92 Å². The zero-order chi connectivity index (χ0) is 19.0. The lowest BCUT2D eigenvalue weighted by Crippen LogP contribution is -2.15. The first-order valence-electron chi connectivity index (χ1n) is 7.47. The zero-order valence-electron chi connectivity index (χ0n) is 14.3. The van der Waals surface area contributed by atoms with Crippen molar-refractivity contribution >= 4 is 31.6 Å². The number of halogens is 1. The SMILES string of the molecule is Cc1cc(OS(=O)(=O)c2ccccc2S(C)(=O)=O)c(C(C)C)cc1Cl. The first-order valence-corrected chi connectivity index (χ1v) is 11.1. The Morgan fingerprint density at radius 1 is 1.00 bits per heavy atom. The van der Waals surface area contributed by atoms with Crippen molar-refractivity contribution < 1.29 is 21.0 Å². The molecule has 25 heavy (non-hydrogen) atoms. The minimum atomic E-state index is -4.34. The molecule has 0 aliphatic heterocycles. The van der Waals surface area contributed by atoms with Gasteiger partial charge in [-0.25, -0.2) is 8.42 Å². The van der Waals surface area contributed by atoms with Gasteiger partial charge in [0.05, 0.1) is 4.90 Å². The summed E-state index contributed by atoms with van der Waals surface area (Å²) in [6.45, 7) is 5.49. The van der Waals surface area contributed by atoms with E-state index in [9.17, 15) is 16.8 Å². The highest BCUT2D eigenvalue weighted by Crippen LogP contribution is 2.34. The van der Waals surface area contributed by atoms with Crippen LogP contribution in [-0.4, -0.2) is 23.1 Å². The van der Waals surface area contributed by atoms with Gasteiger partial charge in [0.15, 0.2) is 9.84 Å². The van der Waals surface area contributed by atoms with E-state index >= 15 is 0 Å². The zero-order valence-corrected chi connectivity index (χ0v) is 16.7. The van der Waals surface area contributed by atoms with Gasteiger partial charge in [0.2, 0.25) is 0 Å². The summed E-state index contributed by atoms with van der Waals surface area (Å²) in [5.74, 6) is 0.105. The molecule has 136 valence electrons. The van der Waals surface area contributed by atoms with Crippen LogP contribution in [0.5, 0.6) is 5.75 Å². The summed E-state index contributed by atoms with van der Waals surface area (Å²) in [6, 6.07) is 8.56. The van der Waals surface area contributed by atoms with Crippen LogP contribution in [0.2, 0.25) is 5.02 Å². The van der Waals surface area contributed by atoms with Crippen molar-refractivity contribution in [1.29, 1.82) is 0 Å². The molecule has 0 bridgehead atoms. The Morgan fingerprint density at radius 2 is 1.56 bits per heavy atom. The van der Waals surface area contributed by atoms with Gasteiger partial charge in [-0.2, -0.15) is 8.42 Å². The van der Waals surface area contributed by atoms with Crippen LogP contribution in [0.15, 0.2) is 46.2 Å². The van der Waals surface area contributed by atoms with Gasteiger partial charge >= 0.3 is 10.1 Å². The van der Waals surface area contributed by atoms with Crippen molar-refractivity contribution in [2.45, 2.75) is 36.5 Å². The predicted molar refractivity (Wildman–Crippen MR) is 97.6 cm³/mol. The monoisotopic (exact) mass is 402 g/mol. The van der Waals surface area contributed by atoms with Crippen molar-refractivity contribution in [2.24, 2.45) is 0 Å². The second kappa shape index (κ2) is 6.97. The predicted octanol–water partition coefficient (Wildman–Crippen LogP) is 3.94. The van der Waals surface area contributed by atoms with Crippen LogP contribution in [0.1, 0.15) is 30.9 Å². The van der Waals surface area contributed by atoms with Crippen molar-refractivity contribution in [1.82, 2.24) is 0 Å². The molecule has 0 unspecified atom stereocenters. The number of aryl methyl sites for hydroxylation is 1. The van der Waals surface area contributed by atoms with Crippen molar-refractivity contribution in [3.63, 3.8) is 0 Å². The quantitative estimate of drug-likeness (QED) is 0.708. The third-order valence-electron chi connectivity index (χ3n) is 3.63. The Labute approximate surface area is 153 Å². The van der Waals surface area contributed by atoms with Crippen LogP contribution in [0.3, 0.4) is 0 Å². The molecule has 2 aromatic rings. The molecule has 0 aromatic heterocycles. The standard InChI is InChI=1S/C17H19ClO5S2/c1-11(2)13-10-14(18)12(3)9-15(13)23-25(21,22)17-8-6-5-7-16(17)24(4,19)20/h5-11H,1-4H3. The van der Waals surface area contributed by atoms with Crippen LogP contribution in [0.4, 0.5) is 0 Å². The lowest BCUT2D eigenvalue weighted by atomic mass is 10.0. The molecule has 0 aliphatic carbocycles. The lowest BCUT2D eigenvalue weighted by Gasteiger charge is -2.16. The average Bonchev–Trinajstić information content (AvgIpc) is 2.49. The topological polar surface area (TPSA) is 77.5 Å². The normalized spacial score (nSPS) is 12.4. The Kier molecular flexibility index (Phi) is 5.51. The van der Waals surface area contributed by atoms with Gasteiger partial charge in [-0.3, -0.25) is 0 Å². The van der Waals surface area contributed by atoms with E-state index < -0.39 is 20.0 Å². The molecule has 0 heterocycles. The highest BCUT2D eigenvalue weighted by molar-refractivity contribution is 7.92. The van der Waals surface area contributed by atoms with E-state index in [4.69, 9.17) is 15.8 Å². The molecule has 2 aromatic carbocycles. The van der Waals surface area contributed by atoms with E-state index in [1.807, 2.05) is 13.8 Å².